The predicted molar refractivity (Wildman–Crippen MR) is 122 cm³/mol. The van der Waals surface area contributed by atoms with Gasteiger partial charge in [0.1, 0.15) is 17.4 Å². The van der Waals surface area contributed by atoms with E-state index in [2.05, 4.69) is 4.74 Å². The average Bonchev–Trinajstić information content (AvgIpc) is 2.84. The predicted octanol–water partition coefficient (Wildman–Crippen LogP) is 8.33. The molecule has 3 aromatic rings. The molecule has 0 saturated heterocycles. The van der Waals surface area contributed by atoms with Crippen molar-refractivity contribution in [2.24, 2.45) is 0 Å². The summed E-state index contributed by atoms with van der Waals surface area (Å²) in [5.41, 5.74) is -11.7. The molecule has 1 N–H and O–H groups in total. The van der Waals surface area contributed by atoms with Crippen LogP contribution in [-0.4, -0.2) is 30.7 Å². The third-order valence-corrected chi connectivity index (χ3v) is 5.95. The zero-order valence-corrected chi connectivity index (χ0v) is 20.8. The lowest BCUT2D eigenvalue weighted by atomic mass is 9.91. The number of ether oxygens (including phenoxy) is 1. The van der Waals surface area contributed by atoms with Gasteiger partial charge < -0.3 is 10.1 Å². The molecule has 0 unspecified atom stereocenters. The summed E-state index contributed by atoms with van der Waals surface area (Å²) in [7, 11) is 0. The Hall–Kier alpha value is -3.95. The van der Waals surface area contributed by atoms with Gasteiger partial charge in [0.2, 0.25) is 0 Å². The highest BCUT2D eigenvalue weighted by Crippen LogP contribution is 2.54. The fraction of sp³-hybridized carbons (Fsp3) is 0.200. The number of carbonyl (C=O) groups excluding carboxylic acids is 2. The van der Waals surface area contributed by atoms with Crippen molar-refractivity contribution in [2.75, 3.05) is 5.32 Å². The van der Waals surface area contributed by atoms with E-state index in [4.69, 9.17) is 11.6 Å². The molecule has 226 valence electrons. The lowest BCUT2D eigenvalue weighted by Crippen LogP contribution is -2.50. The lowest BCUT2D eigenvalue weighted by Gasteiger charge is -2.31. The molecule has 0 atom stereocenters. The monoisotopic (exact) mass is 637 g/mol. The second-order valence-electron chi connectivity index (χ2n) is 8.31. The minimum absolute atomic E-state index is 0.201. The van der Waals surface area contributed by atoms with Gasteiger partial charge >= 0.3 is 24.6 Å². The molecule has 0 aliphatic carbocycles. The van der Waals surface area contributed by atoms with Crippen LogP contribution in [0, 0.1) is 17.5 Å². The number of alkyl halides is 9. The van der Waals surface area contributed by atoms with Crippen LogP contribution in [0.4, 0.5) is 58.4 Å². The number of ketones is 1. The Morgan fingerprint density at radius 1 is 0.857 bits per heavy atom. The van der Waals surface area contributed by atoms with Crippen LogP contribution in [-0.2, 0) is 12.1 Å². The van der Waals surface area contributed by atoms with E-state index in [1.165, 1.54) is 0 Å². The summed E-state index contributed by atoms with van der Waals surface area (Å²) in [4.78, 5) is 25.1. The summed E-state index contributed by atoms with van der Waals surface area (Å²) in [5.74, 6) is -8.04. The van der Waals surface area contributed by atoms with Crippen molar-refractivity contribution in [1.29, 1.82) is 0 Å². The van der Waals surface area contributed by atoms with Crippen LogP contribution in [0.25, 0.3) is 0 Å². The minimum Gasteiger partial charge on any atom is -0.434 e. The molecule has 0 bridgehead atoms. The number of halogens is 13. The van der Waals surface area contributed by atoms with Gasteiger partial charge in [0.15, 0.2) is 11.6 Å². The minimum atomic E-state index is -6.64. The van der Waals surface area contributed by atoms with Crippen LogP contribution in [0.15, 0.2) is 48.5 Å². The molecular formula is C25H12ClF12NO3. The molecule has 3 rings (SSSR count). The SMILES string of the molecule is O=C(Nc1cccc(C(=O)Cc2c(Cl)cc(C(F)(C(F)(F)F)C(F)(F)F)cc2OC(F)F)c1F)c1ccc(F)cc1F. The molecule has 0 radical (unpaired) electrons. The van der Waals surface area contributed by atoms with Crippen molar-refractivity contribution in [3.63, 3.8) is 0 Å². The molecule has 0 fully saturated rings. The van der Waals surface area contributed by atoms with E-state index in [0.29, 0.717) is 6.07 Å². The van der Waals surface area contributed by atoms with Crippen molar-refractivity contribution in [3.8, 4) is 5.75 Å². The molecule has 0 spiro atoms. The first-order valence-corrected chi connectivity index (χ1v) is 11.3. The normalized spacial score (nSPS) is 12.4. The summed E-state index contributed by atoms with van der Waals surface area (Å²) >= 11 is 5.70. The van der Waals surface area contributed by atoms with Gasteiger partial charge in [0, 0.05) is 28.6 Å². The summed E-state index contributed by atoms with van der Waals surface area (Å²) < 4.78 is 165. The molecule has 42 heavy (non-hydrogen) atoms. The second-order valence-corrected chi connectivity index (χ2v) is 8.72. The Balaban J connectivity index is 2.01. The largest absolute Gasteiger partial charge is 0.435 e. The molecule has 0 aliphatic heterocycles. The number of amides is 1. The average molecular weight is 638 g/mol. The summed E-state index contributed by atoms with van der Waals surface area (Å²) in [6.45, 7) is -3.90. The van der Waals surface area contributed by atoms with Crippen molar-refractivity contribution < 1.29 is 67.0 Å². The quantitative estimate of drug-likeness (QED) is 0.200. The third kappa shape index (κ3) is 6.42. The first kappa shape index (κ1) is 32.6. The van der Waals surface area contributed by atoms with Gasteiger partial charge in [-0.3, -0.25) is 9.59 Å². The fourth-order valence-corrected chi connectivity index (χ4v) is 3.91. The highest BCUT2D eigenvalue weighted by molar-refractivity contribution is 6.32. The van der Waals surface area contributed by atoms with Gasteiger partial charge in [0.25, 0.3) is 5.91 Å². The van der Waals surface area contributed by atoms with E-state index in [1.54, 1.807) is 0 Å². The van der Waals surface area contributed by atoms with Crippen LogP contribution in [0.1, 0.15) is 31.8 Å². The van der Waals surface area contributed by atoms with E-state index in [1.807, 2.05) is 5.32 Å². The van der Waals surface area contributed by atoms with Crippen molar-refractivity contribution in [2.45, 2.75) is 31.1 Å². The highest BCUT2D eigenvalue weighted by atomic mass is 35.5. The van der Waals surface area contributed by atoms with Gasteiger partial charge in [-0.1, -0.05) is 17.7 Å². The number of benzene rings is 3. The molecule has 1 amide bonds. The van der Waals surface area contributed by atoms with E-state index in [-0.39, 0.29) is 12.1 Å². The number of anilines is 1. The first-order chi connectivity index (χ1) is 19.3. The number of carbonyl (C=O) groups is 2. The van der Waals surface area contributed by atoms with Crippen LogP contribution in [0.2, 0.25) is 5.02 Å². The first-order valence-electron chi connectivity index (χ1n) is 11.0. The highest BCUT2D eigenvalue weighted by Gasteiger charge is 2.73. The van der Waals surface area contributed by atoms with Crippen molar-refractivity contribution >= 4 is 29.0 Å². The molecule has 0 saturated carbocycles. The van der Waals surface area contributed by atoms with Crippen molar-refractivity contribution in [3.05, 3.63) is 93.3 Å². The van der Waals surface area contributed by atoms with Gasteiger partial charge in [0.05, 0.1) is 16.8 Å². The Kier molecular flexibility index (Phi) is 9.10. The van der Waals surface area contributed by atoms with Crippen LogP contribution < -0.4 is 10.1 Å². The third-order valence-electron chi connectivity index (χ3n) is 5.61. The van der Waals surface area contributed by atoms with E-state index in [0.717, 1.165) is 30.3 Å². The van der Waals surface area contributed by atoms with E-state index >= 15 is 4.39 Å². The molecular weight excluding hydrogens is 626 g/mol. The summed E-state index contributed by atoms with van der Waals surface area (Å²) in [6, 6.07) is 3.91. The zero-order chi connectivity index (χ0) is 31.8. The number of hydrogen-bond donors (Lipinski definition) is 1. The number of Topliss-reactive ketones (excluding diaryl/α,β-unsaturated/α-hetero) is 1. The Bertz CT molecular complexity index is 1510. The van der Waals surface area contributed by atoms with Gasteiger partial charge in [-0.15, -0.1) is 0 Å². The molecule has 0 aromatic heterocycles. The molecule has 17 heteroatoms. The molecule has 3 aromatic carbocycles. The number of hydrogen-bond acceptors (Lipinski definition) is 3. The number of nitrogens with one attached hydrogen (secondary N) is 1. The fourth-order valence-electron chi connectivity index (χ4n) is 3.63. The molecule has 0 heterocycles. The Morgan fingerprint density at radius 3 is 2.02 bits per heavy atom. The second kappa shape index (κ2) is 11.7. The Labute approximate surface area is 231 Å². The smallest absolute Gasteiger partial charge is 0.434 e. The van der Waals surface area contributed by atoms with E-state index in [9.17, 15) is 57.9 Å². The van der Waals surface area contributed by atoms with E-state index < -0.39 is 98.9 Å². The van der Waals surface area contributed by atoms with Crippen LogP contribution >= 0.6 is 11.6 Å². The maximum Gasteiger partial charge on any atom is 0.435 e. The maximum atomic E-state index is 15.1. The standard InChI is InChI=1S/C25H12ClF12NO3/c26-15-6-10(23(32,24(33,34)35)25(36,37)38)7-19(42-22(30)31)14(15)9-18(40)13-2-1-3-17(20(13)29)39-21(41)12-5-4-11(27)8-16(12)28/h1-8,22H,9H2,(H,39,41). The lowest BCUT2D eigenvalue weighted by molar-refractivity contribution is -0.348. The van der Waals surface area contributed by atoms with Gasteiger partial charge in [-0.05, 0) is 36.4 Å². The number of rotatable bonds is 8. The summed E-state index contributed by atoms with van der Waals surface area (Å²) in [5, 5.41) is 0.667. The molecule has 4 nitrogen and oxygen atoms in total. The van der Waals surface area contributed by atoms with Crippen LogP contribution in [0.3, 0.4) is 0 Å². The van der Waals surface area contributed by atoms with Crippen LogP contribution in [0.5, 0.6) is 5.75 Å². The molecule has 0 aliphatic rings. The topological polar surface area (TPSA) is 55.4 Å². The maximum absolute atomic E-state index is 15.1. The zero-order valence-electron chi connectivity index (χ0n) is 20.0. The van der Waals surface area contributed by atoms with Crippen molar-refractivity contribution in [1.82, 2.24) is 0 Å². The van der Waals surface area contributed by atoms with Gasteiger partial charge in [-0.2, -0.15) is 35.1 Å². The summed E-state index contributed by atoms with van der Waals surface area (Å²) in [6.07, 6.45) is -14.6. The Morgan fingerprint density at radius 2 is 1.48 bits per heavy atom. The van der Waals surface area contributed by atoms with Gasteiger partial charge in [-0.25, -0.2) is 17.6 Å².